The molecule has 0 radical (unpaired) electrons. The molecule has 2 N–H and O–H groups in total. The molecule has 0 unspecified atom stereocenters. The van der Waals surface area contributed by atoms with Crippen LogP contribution in [0.15, 0.2) is 28.7 Å². The van der Waals surface area contributed by atoms with Gasteiger partial charge in [-0.1, -0.05) is 12.1 Å². The Labute approximate surface area is 141 Å². The van der Waals surface area contributed by atoms with Crippen molar-refractivity contribution in [2.75, 3.05) is 5.32 Å². The third kappa shape index (κ3) is 5.52. The van der Waals surface area contributed by atoms with Gasteiger partial charge in [-0.25, -0.2) is 4.79 Å². The topological polar surface area (TPSA) is 50.4 Å². The highest BCUT2D eigenvalue weighted by atomic mass is 79.9. The zero-order chi connectivity index (χ0) is 16.2. The minimum atomic E-state index is -0.442. The first-order chi connectivity index (χ1) is 10.3. The minimum absolute atomic E-state index is 0.215. The summed E-state index contributed by atoms with van der Waals surface area (Å²) in [6, 6.07) is 8.83. The van der Waals surface area contributed by atoms with Crippen LogP contribution < -0.4 is 10.6 Å². The van der Waals surface area contributed by atoms with E-state index in [-0.39, 0.29) is 12.1 Å². The second kappa shape index (κ2) is 7.36. The summed E-state index contributed by atoms with van der Waals surface area (Å²) in [7, 11) is 0. The number of benzene rings is 1. The van der Waals surface area contributed by atoms with E-state index in [0.717, 1.165) is 35.8 Å². The van der Waals surface area contributed by atoms with E-state index in [9.17, 15) is 4.79 Å². The van der Waals surface area contributed by atoms with Gasteiger partial charge in [0.05, 0.1) is 0 Å². The van der Waals surface area contributed by atoms with Crippen molar-refractivity contribution in [3.63, 3.8) is 0 Å². The number of carbonyl (C=O) groups excluding carboxylic acids is 1. The van der Waals surface area contributed by atoms with Gasteiger partial charge in [-0.15, -0.1) is 0 Å². The molecule has 0 heterocycles. The monoisotopic (exact) mass is 368 g/mol. The summed E-state index contributed by atoms with van der Waals surface area (Å²) in [6.07, 6.45) is 3.72. The van der Waals surface area contributed by atoms with Crippen LogP contribution in [0, 0.1) is 0 Å². The number of amides is 1. The van der Waals surface area contributed by atoms with Crippen LogP contribution in [0.5, 0.6) is 0 Å². The number of hydrogen-bond donors (Lipinski definition) is 2. The second-order valence-electron chi connectivity index (χ2n) is 6.82. The number of ether oxygens (including phenoxy) is 1. The van der Waals surface area contributed by atoms with Gasteiger partial charge in [0, 0.05) is 22.2 Å². The Balaban J connectivity index is 1.76. The summed E-state index contributed by atoms with van der Waals surface area (Å²) < 4.78 is 6.39. The van der Waals surface area contributed by atoms with E-state index in [4.69, 9.17) is 4.74 Å². The molecule has 1 fully saturated rings. The van der Waals surface area contributed by atoms with Crippen molar-refractivity contribution in [3.8, 4) is 0 Å². The highest BCUT2D eigenvalue weighted by Gasteiger charge is 2.24. The number of carbonyl (C=O) groups is 1. The molecule has 0 atom stereocenters. The minimum Gasteiger partial charge on any atom is -0.444 e. The van der Waals surface area contributed by atoms with Crippen molar-refractivity contribution in [2.45, 2.75) is 64.1 Å². The van der Waals surface area contributed by atoms with E-state index in [1.807, 2.05) is 39.0 Å². The van der Waals surface area contributed by atoms with Gasteiger partial charge >= 0.3 is 6.09 Å². The Morgan fingerprint density at radius 1 is 1.14 bits per heavy atom. The third-order valence-electron chi connectivity index (χ3n) is 3.68. The van der Waals surface area contributed by atoms with Gasteiger partial charge in [0.25, 0.3) is 0 Å². The van der Waals surface area contributed by atoms with Gasteiger partial charge in [-0.05, 0) is 74.5 Å². The molecule has 1 amide bonds. The molecule has 22 heavy (non-hydrogen) atoms. The Morgan fingerprint density at radius 2 is 1.73 bits per heavy atom. The SMILES string of the molecule is CC(C)(C)OC(=O)NC1CCC(Nc2ccccc2Br)CC1. The maximum Gasteiger partial charge on any atom is 0.407 e. The highest BCUT2D eigenvalue weighted by Crippen LogP contribution is 2.27. The fourth-order valence-corrected chi connectivity index (χ4v) is 3.05. The van der Waals surface area contributed by atoms with Crippen LogP contribution in [0.4, 0.5) is 10.5 Å². The fraction of sp³-hybridized carbons (Fsp3) is 0.588. The molecule has 4 nitrogen and oxygen atoms in total. The zero-order valence-electron chi connectivity index (χ0n) is 13.5. The van der Waals surface area contributed by atoms with Gasteiger partial charge in [-0.3, -0.25) is 0 Å². The molecule has 1 aromatic rings. The van der Waals surface area contributed by atoms with E-state index in [0.29, 0.717) is 6.04 Å². The smallest absolute Gasteiger partial charge is 0.407 e. The van der Waals surface area contributed by atoms with Crippen molar-refractivity contribution in [1.29, 1.82) is 0 Å². The van der Waals surface area contributed by atoms with Crippen LogP contribution in [0.25, 0.3) is 0 Å². The van der Waals surface area contributed by atoms with Gasteiger partial charge in [0.1, 0.15) is 5.60 Å². The van der Waals surface area contributed by atoms with Crippen molar-refractivity contribution >= 4 is 27.7 Å². The van der Waals surface area contributed by atoms with Crippen LogP contribution in [-0.2, 0) is 4.74 Å². The third-order valence-corrected chi connectivity index (χ3v) is 4.37. The molecular formula is C17H25BrN2O2. The Kier molecular flexibility index (Phi) is 5.73. The number of rotatable bonds is 3. The summed E-state index contributed by atoms with van der Waals surface area (Å²) in [6.45, 7) is 5.64. The number of anilines is 1. The normalized spacial score (nSPS) is 22.0. The van der Waals surface area contributed by atoms with Crippen LogP contribution in [0.2, 0.25) is 0 Å². The highest BCUT2D eigenvalue weighted by molar-refractivity contribution is 9.10. The van der Waals surface area contributed by atoms with E-state index >= 15 is 0 Å². The predicted octanol–water partition coefficient (Wildman–Crippen LogP) is 4.70. The maximum absolute atomic E-state index is 11.8. The Morgan fingerprint density at radius 3 is 2.32 bits per heavy atom. The summed E-state index contributed by atoms with van der Waals surface area (Å²) >= 11 is 3.56. The molecule has 122 valence electrons. The second-order valence-corrected chi connectivity index (χ2v) is 7.67. The van der Waals surface area contributed by atoms with Crippen molar-refractivity contribution in [2.24, 2.45) is 0 Å². The quantitative estimate of drug-likeness (QED) is 0.812. The summed E-state index contributed by atoms with van der Waals surface area (Å²) in [5.41, 5.74) is 0.689. The Bertz CT molecular complexity index is 506. The van der Waals surface area contributed by atoms with Crippen LogP contribution in [-0.4, -0.2) is 23.8 Å². The molecule has 1 aliphatic rings. The van der Waals surface area contributed by atoms with E-state index < -0.39 is 5.60 Å². The average molecular weight is 369 g/mol. The molecule has 0 aromatic heterocycles. The number of nitrogens with one attached hydrogen (secondary N) is 2. The number of hydrogen-bond acceptors (Lipinski definition) is 3. The molecular weight excluding hydrogens is 344 g/mol. The van der Waals surface area contributed by atoms with E-state index in [1.54, 1.807) is 0 Å². The zero-order valence-corrected chi connectivity index (χ0v) is 15.1. The van der Waals surface area contributed by atoms with Gasteiger partial charge < -0.3 is 15.4 Å². The number of alkyl carbamates (subject to hydrolysis) is 1. The van der Waals surface area contributed by atoms with E-state index in [1.165, 1.54) is 0 Å². The summed E-state index contributed by atoms with van der Waals surface area (Å²) in [4.78, 5) is 11.8. The van der Waals surface area contributed by atoms with Gasteiger partial charge in [0.15, 0.2) is 0 Å². The van der Waals surface area contributed by atoms with Crippen LogP contribution >= 0.6 is 15.9 Å². The summed E-state index contributed by atoms with van der Waals surface area (Å²) in [5.74, 6) is 0. The van der Waals surface area contributed by atoms with E-state index in [2.05, 4.69) is 32.6 Å². The maximum atomic E-state index is 11.8. The molecule has 0 spiro atoms. The van der Waals surface area contributed by atoms with Gasteiger partial charge in [0.2, 0.25) is 0 Å². The number of para-hydroxylation sites is 1. The molecule has 1 aromatic carbocycles. The van der Waals surface area contributed by atoms with Crippen molar-refractivity contribution in [1.82, 2.24) is 5.32 Å². The van der Waals surface area contributed by atoms with Gasteiger partial charge in [-0.2, -0.15) is 0 Å². The first kappa shape index (κ1) is 17.1. The lowest BCUT2D eigenvalue weighted by molar-refractivity contribution is 0.0492. The molecule has 2 rings (SSSR count). The largest absolute Gasteiger partial charge is 0.444 e. The predicted molar refractivity (Wildman–Crippen MR) is 93.2 cm³/mol. The lowest BCUT2D eigenvalue weighted by Gasteiger charge is -2.31. The standard InChI is InChI=1S/C17H25BrN2O2/c1-17(2,3)22-16(21)20-13-10-8-12(9-11-13)19-15-7-5-4-6-14(15)18/h4-7,12-13,19H,8-11H2,1-3H3,(H,20,21). The average Bonchev–Trinajstić information content (AvgIpc) is 2.41. The molecule has 1 aliphatic carbocycles. The molecule has 1 saturated carbocycles. The first-order valence-electron chi connectivity index (χ1n) is 7.84. The van der Waals surface area contributed by atoms with Crippen LogP contribution in [0.3, 0.4) is 0 Å². The van der Waals surface area contributed by atoms with Crippen molar-refractivity contribution in [3.05, 3.63) is 28.7 Å². The number of halogens is 1. The molecule has 5 heteroatoms. The summed E-state index contributed by atoms with van der Waals surface area (Å²) in [5, 5.41) is 6.54. The lowest BCUT2D eigenvalue weighted by atomic mass is 9.91. The van der Waals surface area contributed by atoms with Crippen LogP contribution in [0.1, 0.15) is 46.5 Å². The van der Waals surface area contributed by atoms with Crippen molar-refractivity contribution < 1.29 is 9.53 Å². The Hall–Kier alpha value is -1.23. The fourth-order valence-electron chi connectivity index (χ4n) is 2.65. The first-order valence-corrected chi connectivity index (χ1v) is 8.63. The molecule has 0 bridgehead atoms. The lowest BCUT2D eigenvalue weighted by Crippen LogP contribution is -2.42. The molecule has 0 aliphatic heterocycles. The molecule has 0 saturated heterocycles.